The van der Waals surface area contributed by atoms with Gasteiger partial charge in [-0.3, -0.25) is 4.90 Å². The van der Waals surface area contributed by atoms with Gasteiger partial charge in [0.05, 0.1) is 0 Å². The van der Waals surface area contributed by atoms with Crippen molar-refractivity contribution in [3.05, 3.63) is 0 Å². The Morgan fingerprint density at radius 3 is 2.72 bits per heavy atom. The molecule has 2 saturated heterocycles. The van der Waals surface area contributed by atoms with Gasteiger partial charge >= 0.3 is 0 Å². The van der Waals surface area contributed by atoms with E-state index in [0.717, 1.165) is 24.5 Å². The normalized spacial score (nSPS) is 39.1. The summed E-state index contributed by atoms with van der Waals surface area (Å²) >= 11 is 3.65. The topological polar surface area (TPSA) is 63.4 Å². The Balaban J connectivity index is 2.28. The third kappa shape index (κ3) is 2.85. The van der Waals surface area contributed by atoms with Crippen molar-refractivity contribution in [2.75, 3.05) is 36.6 Å². The molecule has 0 bridgehead atoms. The summed E-state index contributed by atoms with van der Waals surface area (Å²) in [6.45, 7) is 3.60. The van der Waals surface area contributed by atoms with Crippen molar-refractivity contribution in [2.24, 2.45) is 5.73 Å². The van der Waals surface area contributed by atoms with Gasteiger partial charge < -0.3 is 5.73 Å². The van der Waals surface area contributed by atoms with Crippen molar-refractivity contribution in [1.29, 1.82) is 0 Å². The molecule has 18 heavy (non-hydrogen) atoms. The third-order valence-corrected chi connectivity index (χ3v) is 7.95. The van der Waals surface area contributed by atoms with E-state index in [9.17, 15) is 8.42 Å². The Morgan fingerprint density at radius 2 is 2.22 bits per heavy atom. The molecule has 0 aromatic heterocycles. The maximum absolute atomic E-state index is 12.0. The lowest BCUT2D eigenvalue weighted by Crippen LogP contribution is -2.62. The Kier molecular flexibility index (Phi) is 4.59. The van der Waals surface area contributed by atoms with Gasteiger partial charge in [0.1, 0.15) is 5.37 Å². The van der Waals surface area contributed by atoms with Crippen LogP contribution in [0.1, 0.15) is 13.3 Å². The summed E-state index contributed by atoms with van der Waals surface area (Å²) in [4.78, 5) is 2.19. The average Bonchev–Trinajstić information content (AvgIpc) is 2.71. The summed E-state index contributed by atoms with van der Waals surface area (Å²) in [5, 5.41) is 0.217. The van der Waals surface area contributed by atoms with Gasteiger partial charge in [-0.15, -0.1) is 0 Å². The first-order chi connectivity index (χ1) is 8.39. The lowest BCUT2D eigenvalue weighted by Gasteiger charge is -2.46. The van der Waals surface area contributed by atoms with Crippen LogP contribution >= 0.6 is 23.5 Å². The van der Waals surface area contributed by atoms with Gasteiger partial charge in [0.15, 0.2) is 9.84 Å². The summed E-state index contributed by atoms with van der Waals surface area (Å²) < 4.78 is 24.0. The smallest absolute Gasteiger partial charge is 0.164 e. The molecule has 2 rings (SSSR count). The van der Waals surface area contributed by atoms with Gasteiger partial charge in [-0.1, -0.05) is 6.92 Å². The molecular formula is C11H22N2O2S3. The van der Waals surface area contributed by atoms with Gasteiger partial charge in [-0.05, 0) is 6.42 Å². The fourth-order valence-corrected chi connectivity index (χ4v) is 7.26. The van der Waals surface area contributed by atoms with Crippen LogP contribution in [0.5, 0.6) is 0 Å². The summed E-state index contributed by atoms with van der Waals surface area (Å²) in [7, 11) is -3.04. The summed E-state index contributed by atoms with van der Waals surface area (Å²) in [6.07, 6.45) is 2.36. The number of hydrogen-bond acceptors (Lipinski definition) is 6. The zero-order valence-electron chi connectivity index (χ0n) is 11.0. The van der Waals surface area contributed by atoms with Crippen molar-refractivity contribution >= 4 is 33.4 Å². The van der Waals surface area contributed by atoms with Crippen LogP contribution in [0.3, 0.4) is 0 Å². The Morgan fingerprint density at radius 1 is 1.50 bits per heavy atom. The molecule has 0 saturated carbocycles. The maximum atomic E-state index is 12.0. The fraction of sp³-hybridized carbons (Fsp3) is 1.00. The molecule has 7 heteroatoms. The highest BCUT2D eigenvalue weighted by Gasteiger charge is 2.47. The van der Waals surface area contributed by atoms with Crippen LogP contribution in [-0.2, 0) is 9.84 Å². The first-order valence-electron chi connectivity index (χ1n) is 6.24. The number of hydrogen-bond donors (Lipinski definition) is 1. The quantitative estimate of drug-likeness (QED) is 0.825. The molecule has 2 aliphatic rings. The second kappa shape index (κ2) is 5.52. The van der Waals surface area contributed by atoms with E-state index >= 15 is 0 Å². The van der Waals surface area contributed by atoms with E-state index in [4.69, 9.17) is 5.73 Å². The van der Waals surface area contributed by atoms with Crippen LogP contribution in [0.25, 0.3) is 0 Å². The number of sulfone groups is 1. The lowest BCUT2D eigenvalue weighted by molar-refractivity contribution is 0.108. The molecule has 0 amide bonds. The molecular weight excluding hydrogens is 288 g/mol. The molecule has 0 aliphatic carbocycles. The van der Waals surface area contributed by atoms with Crippen molar-refractivity contribution < 1.29 is 8.42 Å². The highest BCUT2D eigenvalue weighted by molar-refractivity contribution is 8.01. The number of nitrogens with two attached hydrogens (primary N) is 1. The van der Waals surface area contributed by atoms with E-state index < -0.39 is 9.84 Å². The number of thioether (sulfide) groups is 2. The third-order valence-electron chi connectivity index (χ3n) is 3.87. The highest BCUT2D eigenvalue weighted by Crippen LogP contribution is 2.41. The van der Waals surface area contributed by atoms with Crippen molar-refractivity contribution in [3.63, 3.8) is 0 Å². The van der Waals surface area contributed by atoms with Crippen LogP contribution in [0.4, 0.5) is 0 Å². The average molecular weight is 311 g/mol. The molecule has 0 radical (unpaired) electrons. The molecule has 2 N–H and O–H groups in total. The first kappa shape index (κ1) is 15.0. The molecule has 3 unspecified atom stereocenters. The first-order valence-corrected chi connectivity index (χ1v) is 10.4. The minimum absolute atomic E-state index is 0.112. The predicted molar refractivity (Wildman–Crippen MR) is 81.0 cm³/mol. The molecule has 0 spiro atoms. The molecule has 0 aromatic rings. The summed E-state index contributed by atoms with van der Waals surface area (Å²) in [5.41, 5.74) is 5.90. The van der Waals surface area contributed by atoms with Crippen molar-refractivity contribution in [3.8, 4) is 0 Å². The van der Waals surface area contributed by atoms with Gasteiger partial charge in [0.25, 0.3) is 0 Å². The Labute approximate surface area is 118 Å². The van der Waals surface area contributed by atoms with E-state index in [1.807, 2.05) is 11.8 Å². The van der Waals surface area contributed by atoms with E-state index in [2.05, 4.69) is 11.8 Å². The second-order valence-electron chi connectivity index (χ2n) is 5.31. The second-order valence-corrected chi connectivity index (χ2v) is 10.1. The zero-order chi connectivity index (χ0) is 13.4. The maximum Gasteiger partial charge on any atom is 0.164 e. The van der Waals surface area contributed by atoms with Crippen LogP contribution in [-0.4, -0.2) is 66.1 Å². The lowest BCUT2D eigenvalue weighted by atomic mass is 9.94. The van der Waals surface area contributed by atoms with Crippen LogP contribution in [0, 0.1) is 0 Å². The van der Waals surface area contributed by atoms with Crippen molar-refractivity contribution in [1.82, 2.24) is 4.90 Å². The number of nitrogens with zero attached hydrogens (tertiary/aromatic N) is 1. The van der Waals surface area contributed by atoms with E-state index in [1.54, 1.807) is 11.8 Å². The van der Waals surface area contributed by atoms with Crippen LogP contribution in [0.15, 0.2) is 0 Å². The highest BCUT2D eigenvalue weighted by atomic mass is 32.2. The molecule has 2 heterocycles. The molecule has 106 valence electrons. The molecule has 2 fully saturated rings. The van der Waals surface area contributed by atoms with Gasteiger partial charge in [-0.2, -0.15) is 23.5 Å². The minimum Gasteiger partial charge on any atom is -0.329 e. The predicted octanol–water partition coefficient (Wildman–Crippen LogP) is 0.629. The Hall–Kier alpha value is 0.570. The van der Waals surface area contributed by atoms with E-state index in [1.165, 1.54) is 6.26 Å². The monoisotopic (exact) mass is 310 g/mol. The molecule has 4 nitrogen and oxygen atoms in total. The minimum atomic E-state index is -3.04. The summed E-state index contributed by atoms with van der Waals surface area (Å²) in [5.74, 6) is 2.65. The zero-order valence-corrected chi connectivity index (χ0v) is 13.4. The van der Waals surface area contributed by atoms with Gasteiger partial charge in [0.2, 0.25) is 0 Å². The SMILES string of the molecule is CC1CC(CN)(N2CCSCC2S(C)(=O)=O)CS1. The molecule has 3 atom stereocenters. The summed E-state index contributed by atoms with van der Waals surface area (Å²) in [6, 6.07) is 0. The fourth-order valence-electron chi connectivity index (χ4n) is 2.89. The molecule has 2 aliphatic heterocycles. The van der Waals surface area contributed by atoms with E-state index in [0.29, 0.717) is 17.5 Å². The van der Waals surface area contributed by atoms with Crippen LogP contribution < -0.4 is 5.73 Å². The van der Waals surface area contributed by atoms with Gasteiger partial charge in [0, 0.05) is 47.4 Å². The van der Waals surface area contributed by atoms with Gasteiger partial charge in [-0.25, -0.2) is 8.42 Å². The van der Waals surface area contributed by atoms with Crippen LogP contribution in [0.2, 0.25) is 0 Å². The largest absolute Gasteiger partial charge is 0.329 e. The van der Waals surface area contributed by atoms with Crippen molar-refractivity contribution in [2.45, 2.75) is 29.5 Å². The number of rotatable bonds is 3. The molecule has 0 aromatic carbocycles. The Bertz CT molecular complexity index is 401. The van der Waals surface area contributed by atoms with E-state index in [-0.39, 0.29) is 10.9 Å². The standard InChI is InChI=1S/C11H22N2O2S3/c1-9-5-11(7-12,8-17-9)13-3-4-16-6-10(13)18(2,14)15/h9-10H,3-8,12H2,1-2H3.